The molecule has 1 N–H and O–H groups in total. The summed E-state index contributed by atoms with van der Waals surface area (Å²) in [5, 5.41) is 3.98. The van der Waals surface area contributed by atoms with Crippen LogP contribution in [-0.2, 0) is 4.74 Å². The molecule has 2 nitrogen and oxygen atoms in total. The molecule has 1 aliphatic heterocycles. The van der Waals surface area contributed by atoms with Crippen molar-refractivity contribution in [1.29, 1.82) is 0 Å². The van der Waals surface area contributed by atoms with Crippen molar-refractivity contribution in [3.05, 3.63) is 0 Å². The summed E-state index contributed by atoms with van der Waals surface area (Å²) < 4.78 is 6.20. The monoisotopic (exact) mass is 223 g/mol. The molecule has 2 heteroatoms. The van der Waals surface area contributed by atoms with Gasteiger partial charge in [0.2, 0.25) is 0 Å². The van der Waals surface area contributed by atoms with Crippen LogP contribution < -0.4 is 5.32 Å². The predicted molar refractivity (Wildman–Crippen MR) is 65.4 cm³/mol. The first-order valence-corrected chi connectivity index (χ1v) is 7.08. The third-order valence-corrected chi connectivity index (χ3v) is 5.03. The average molecular weight is 223 g/mol. The first-order chi connectivity index (χ1) is 7.69. The molecule has 0 aromatic heterocycles. The Morgan fingerprint density at radius 2 is 1.88 bits per heavy atom. The third-order valence-electron chi connectivity index (χ3n) is 5.03. The van der Waals surface area contributed by atoms with E-state index in [2.05, 4.69) is 19.2 Å². The fourth-order valence-electron chi connectivity index (χ4n) is 4.20. The van der Waals surface area contributed by atoms with E-state index in [9.17, 15) is 0 Å². The van der Waals surface area contributed by atoms with Crippen molar-refractivity contribution in [2.45, 2.75) is 70.1 Å². The predicted octanol–water partition coefficient (Wildman–Crippen LogP) is 2.72. The van der Waals surface area contributed by atoms with Crippen LogP contribution in [0.25, 0.3) is 0 Å². The lowest BCUT2D eigenvalue weighted by Crippen LogP contribution is -2.64. The summed E-state index contributed by atoms with van der Waals surface area (Å²) in [7, 11) is 0. The van der Waals surface area contributed by atoms with Gasteiger partial charge in [-0.25, -0.2) is 0 Å². The fraction of sp³-hybridized carbons (Fsp3) is 1.00. The van der Waals surface area contributed by atoms with E-state index in [1.807, 2.05) is 0 Å². The number of rotatable bonds is 0. The third kappa shape index (κ3) is 1.80. The standard InChI is InChI=1S/C14H25NO/c1-10-7-11(2)13-12(8-10)16-9-14(15-13)5-3-4-6-14/h10-13,15H,3-9H2,1-2H3. The molecule has 1 spiro atoms. The van der Waals surface area contributed by atoms with E-state index in [0.29, 0.717) is 17.7 Å². The van der Waals surface area contributed by atoms with Gasteiger partial charge in [-0.2, -0.15) is 0 Å². The van der Waals surface area contributed by atoms with Crippen LogP contribution in [0.1, 0.15) is 52.4 Å². The van der Waals surface area contributed by atoms with Gasteiger partial charge in [0.15, 0.2) is 0 Å². The van der Waals surface area contributed by atoms with Crippen molar-refractivity contribution < 1.29 is 4.74 Å². The first kappa shape index (κ1) is 11.0. The van der Waals surface area contributed by atoms with Crippen LogP contribution in [0.4, 0.5) is 0 Å². The Morgan fingerprint density at radius 1 is 1.12 bits per heavy atom. The fourth-order valence-corrected chi connectivity index (χ4v) is 4.20. The lowest BCUT2D eigenvalue weighted by molar-refractivity contribution is -0.0991. The smallest absolute Gasteiger partial charge is 0.0734 e. The Hall–Kier alpha value is -0.0800. The summed E-state index contributed by atoms with van der Waals surface area (Å²) in [6, 6.07) is 0.628. The van der Waals surface area contributed by atoms with E-state index in [1.54, 1.807) is 0 Å². The van der Waals surface area contributed by atoms with E-state index < -0.39 is 0 Å². The highest BCUT2D eigenvalue weighted by molar-refractivity contribution is 5.03. The zero-order valence-corrected chi connectivity index (χ0v) is 10.7. The molecular formula is C14H25NO. The summed E-state index contributed by atoms with van der Waals surface area (Å²) in [5.41, 5.74) is 0.357. The topological polar surface area (TPSA) is 21.3 Å². The van der Waals surface area contributed by atoms with Crippen molar-refractivity contribution in [3.63, 3.8) is 0 Å². The minimum absolute atomic E-state index is 0.357. The highest BCUT2D eigenvalue weighted by Crippen LogP contribution is 2.39. The molecule has 3 aliphatic rings. The van der Waals surface area contributed by atoms with Crippen molar-refractivity contribution in [2.24, 2.45) is 11.8 Å². The molecule has 0 bridgehead atoms. The summed E-state index contributed by atoms with van der Waals surface area (Å²) >= 11 is 0. The maximum atomic E-state index is 6.20. The highest BCUT2D eigenvalue weighted by atomic mass is 16.5. The van der Waals surface area contributed by atoms with Crippen LogP contribution >= 0.6 is 0 Å². The van der Waals surface area contributed by atoms with E-state index >= 15 is 0 Å². The molecule has 0 aromatic carbocycles. The average Bonchev–Trinajstić information content (AvgIpc) is 2.68. The van der Waals surface area contributed by atoms with Gasteiger partial charge in [-0.1, -0.05) is 26.7 Å². The van der Waals surface area contributed by atoms with Crippen molar-refractivity contribution >= 4 is 0 Å². The zero-order valence-electron chi connectivity index (χ0n) is 10.7. The zero-order chi connectivity index (χ0) is 11.2. The molecule has 0 radical (unpaired) electrons. The van der Waals surface area contributed by atoms with Gasteiger partial charge >= 0.3 is 0 Å². The second-order valence-electron chi connectivity index (χ2n) is 6.56. The number of hydrogen-bond acceptors (Lipinski definition) is 2. The van der Waals surface area contributed by atoms with E-state index in [1.165, 1.54) is 38.5 Å². The van der Waals surface area contributed by atoms with Crippen LogP contribution in [-0.4, -0.2) is 24.3 Å². The summed E-state index contributed by atoms with van der Waals surface area (Å²) in [6.07, 6.45) is 8.56. The molecule has 0 aromatic rings. The number of morpholine rings is 1. The van der Waals surface area contributed by atoms with Crippen LogP contribution in [0.2, 0.25) is 0 Å². The second-order valence-corrected chi connectivity index (χ2v) is 6.56. The molecule has 1 heterocycles. The molecule has 16 heavy (non-hydrogen) atoms. The Kier molecular flexibility index (Phi) is 2.75. The van der Waals surface area contributed by atoms with Gasteiger partial charge < -0.3 is 10.1 Å². The number of nitrogens with one attached hydrogen (secondary N) is 1. The van der Waals surface area contributed by atoms with E-state index in [-0.39, 0.29) is 0 Å². The first-order valence-electron chi connectivity index (χ1n) is 7.08. The molecular weight excluding hydrogens is 198 g/mol. The van der Waals surface area contributed by atoms with Gasteiger partial charge in [0.05, 0.1) is 12.7 Å². The molecule has 3 rings (SSSR count). The highest BCUT2D eigenvalue weighted by Gasteiger charge is 2.46. The minimum Gasteiger partial charge on any atom is -0.375 e. The number of hydrogen-bond donors (Lipinski definition) is 1. The molecule has 2 aliphatic carbocycles. The van der Waals surface area contributed by atoms with Crippen LogP contribution in [0.3, 0.4) is 0 Å². The summed E-state index contributed by atoms with van der Waals surface area (Å²) in [4.78, 5) is 0. The number of ether oxygens (including phenoxy) is 1. The van der Waals surface area contributed by atoms with Gasteiger partial charge in [0.25, 0.3) is 0 Å². The second kappa shape index (κ2) is 3.99. The lowest BCUT2D eigenvalue weighted by atomic mass is 9.75. The Labute approximate surface area is 99.1 Å². The maximum Gasteiger partial charge on any atom is 0.0734 e. The molecule has 0 amide bonds. The molecule has 92 valence electrons. The van der Waals surface area contributed by atoms with Crippen LogP contribution in [0.15, 0.2) is 0 Å². The Morgan fingerprint density at radius 3 is 2.62 bits per heavy atom. The van der Waals surface area contributed by atoms with E-state index in [4.69, 9.17) is 4.74 Å². The van der Waals surface area contributed by atoms with Crippen molar-refractivity contribution in [2.75, 3.05) is 6.61 Å². The van der Waals surface area contributed by atoms with Gasteiger partial charge in [-0.05, 0) is 37.5 Å². The van der Waals surface area contributed by atoms with E-state index in [0.717, 1.165) is 18.4 Å². The van der Waals surface area contributed by atoms with Crippen molar-refractivity contribution in [3.8, 4) is 0 Å². The molecule has 4 atom stereocenters. The molecule has 2 saturated carbocycles. The summed E-state index contributed by atoms with van der Waals surface area (Å²) in [5.74, 6) is 1.63. The normalized spacial score (nSPS) is 46.9. The molecule has 1 saturated heterocycles. The maximum absolute atomic E-state index is 6.20. The number of fused-ring (bicyclic) bond motifs is 1. The Balaban J connectivity index is 1.73. The van der Waals surface area contributed by atoms with Crippen LogP contribution in [0, 0.1) is 11.8 Å². The quantitative estimate of drug-likeness (QED) is 0.682. The molecule has 4 unspecified atom stereocenters. The van der Waals surface area contributed by atoms with Crippen LogP contribution in [0.5, 0.6) is 0 Å². The SMILES string of the molecule is CC1CC(C)C2NC3(CCCC3)COC2C1. The lowest BCUT2D eigenvalue weighted by Gasteiger charge is -2.50. The van der Waals surface area contributed by atoms with Gasteiger partial charge in [0, 0.05) is 11.6 Å². The van der Waals surface area contributed by atoms with Crippen molar-refractivity contribution in [1.82, 2.24) is 5.32 Å². The van der Waals surface area contributed by atoms with Gasteiger partial charge in [0.1, 0.15) is 0 Å². The molecule has 3 fully saturated rings. The van der Waals surface area contributed by atoms with Gasteiger partial charge in [-0.3, -0.25) is 0 Å². The largest absolute Gasteiger partial charge is 0.375 e. The Bertz CT molecular complexity index is 259. The minimum atomic E-state index is 0.357. The summed E-state index contributed by atoms with van der Waals surface area (Å²) in [6.45, 7) is 5.74. The van der Waals surface area contributed by atoms with Gasteiger partial charge in [-0.15, -0.1) is 0 Å².